The SMILES string of the molecule is Cc1cc(NCc2cncn2CC(C)C)nc(-c2cccnc2)n1. The van der Waals surface area contributed by atoms with Crippen LogP contribution < -0.4 is 5.32 Å². The van der Waals surface area contributed by atoms with Gasteiger partial charge in [-0.2, -0.15) is 0 Å². The zero-order valence-electron chi connectivity index (χ0n) is 14.3. The van der Waals surface area contributed by atoms with E-state index in [1.165, 1.54) is 0 Å². The van der Waals surface area contributed by atoms with E-state index in [-0.39, 0.29) is 0 Å². The van der Waals surface area contributed by atoms with Crippen LogP contribution in [0.15, 0.2) is 43.1 Å². The van der Waals surface area contributed by atoms with Crippen molar-refractivity contribution in [1.82, 2.24) is 24.5 Å². The molecule has 24 heavy (non-hydrogen) atoms. The van der Waals surface area contributed by atoms with Crippen molar-refractivity contribution in [2.45, 2.75) is 33.9 Å². The highest BCUT2D eigenvalue weighted by atomic mass is 15.1. The molecule has 1 N–H and O–H groups in total. The van der Waals surface area contributed by atoms with E-state index < -0.39 is 0 Å². The third-order valence-electron chi connectivity index (χ3n) is 3.58. The Morgan fingerprint density at radius 3 is 2.79 bits per heavy atom. The summed E-state index contributed by atoms with van der Waals surface area (Å²) in [6.45, 7) is 8.00. The van der Waals surface area contributed by atoms with Crippen LogP contribution in [-0.4, -0.2) is 24.5 Å². The fourth-order valence-corrected chi connectivity index (χ4v) is 2.52. The highest BCUT2D eigenvalue weighted by Gasteiger charge is 2.07. The molecule has 0 aliphatic heterocycles. The number of nitrogens with one attached hydrogen (secondary N) is 1. The first kappa shape index (κ1) is 16.1. The molecule has 0 aromatic carbocycles. The fraction of sp³-hybridized carbons (Fsp3) is 0.333. The van der Waals surface area contributed by atoms with Gasteiger partial charge in [-0.1, -0.05) is 13.8 Å². The van der Waals surface area contributed by atoms with Crippen molar-refractivity contribution >= 4 is 5.82 Å². The van der Waals surface area contributed by atoms with Crippen molar-refractivity contribution in [2.24, 2.45) is 5.92 Å². The Morgan fingerprint density at radius 2 is 2.04 bits per heavy atom. The summed E-state index contributed by atoms with van der Waals surface area (Å²) in [5.41, 5.74) is 2.97. The number of pyridine rings is 1. The molecule has 0 radical (unpaired) electrons. The Morgan fingerprint density at radius 1 is 1.17 bits per heavy atom. The molecule has 0 aliphatic rings. The number of imidazole rings is 1. The first-order valence-electron chi connectivity index (χ1n) is 8.11. The Bertz CT molecular complexity index is 794. The van der Waals surface area contributed by atoms with Crippen LogP contribution in [0.3, 0.4) is 0 Å². The maximum Gasteiger partial charge on any atom is 0.163 e. The first-order valence-corrected chi connectivity index (χ1v) is 8.11. The molecule has 3 heterocycles. The second kappa shape index (κ2) is 7.21. The van der Waals surface area contributed by atoms with Crippen LogP contribution in [0.1, 0.15) is 25.2 Å². The second-order valence-electron chi connectivity index (χ2n) is 6.24. The van der Waals surface area contributed by atoms with Gasteiger partial charge in [0.25, 0.3) is 0 Å². The molecule has 0 spiro atoms. The van der Waals surface area contributed by atoms with Gasteiger partial charge in [-0.25, -0.2) is 15.0 Å². The minimum atomic E-state index is 0.580. The lowest BCUT2D eigenvalue weighted by Crippen LogP contribution is -2.11. The van der Waals surface area contributed by atoms with E-state index in [0.717, 1.165) is 29.3 Å². The molecule has 0 saturated carbocycles. The number of nitrogens with zero attached hydrogens (tertiary/aromatic N) is 5. The predicted molar refractivity (Wildman–Crippen MR) is 94.4 cm³/mol. The molecule has 0 atom stereocenters. The summed E-state index contributed by atoms with van der Waals surface area (Å²) < 4.78 is 2.17. The second-order valence-corrected chi connectivity index (χ2v) is 6.24. The molecule has 3 rings (SSSR count). The monoisotopic (exact) mass is 322 g/mol. The molecular formula is C18H22N6. The van der Waals surface area contributed by atoms with Gasteiger partial charge in [-0.3, -0.25) is 4.98 Å². The number of hydrogen-bond acceptors (Lipinski definition) is 5. The predicted octanol–water partition coefficient (Wildman–Crippen LogP) is 3.31. The molecule has 0 saturated heterocycles. The van der Waals surface area contributed by atoms with Crippen LogP contribution in [0.4, 0.5) is 5.82 Å². The van der Waals surface area contributed by atoms with Crippen molar-refractivity contribution in [2.75, 3.05) is 5.32 Å². The summed E-state index contributed by atoms with van der Waals surface area (Å²) in [5.74, 6) is 2.07. The van der Waals surface area contributed by atoms with Gasteiger partial charge in [0, 0.05) is 42.5 Å². The number of rotatable bonds is 6. The number of anilines is 1. The van der Waals surface area contributed by atoms with E-state index in [1.807, 2.05) is 37.6 Å². The van der Waals surface area contributed by atoms with Crippen molar-refractivity contribution in [3.63, 3.8) is 0 Å². The van der Waals surface area contributed by atoms with Gasteiger partial charge in [0.2, 0.25) is 0 Å². The Balaban J connectivity index is 1.77. The van der Waals surface area contributed by atoms with Crippen LogP contribution in [0.2, 0.25) is 0 Å². The van der Waals surface area contributed by atoms with Gasteiger partial charge in [0.15, 0.2) is 5.82 Å². The number of hydrogen-bond donors (Lipinski definition) is 1. The van der Waals surface area contributed by atoms with Crippen LogP contribution in [0, 0.1) is 12.8 Å². The first-order chi connectivity index (χ1) is 11.6. The van der Waals surface area contributed by atoms with E-state index in [2.05, 4.69) is 43.7 Å². The summed E-state index contributed by atoms with van der Waals surface area (Å²) in [7, 11) is 0. The van der Waals surface area contributed by atoms with Crippen molar-refractivity contribution < 1.29 is 0 Å². The van der Waals surface area contributed by atoms with Crippen molar-refractivity contribution in [1.29, 1.82) is 0 Å². The number of aromatic nitrogens is 5. The third-order valence-corrected chi connectivity index (χ3v) is 3.58. The molecule has 3 aromatic heterocycles. The fourth-order valence-electron chi connectivity index (χ4n) is 2.52. The molecule has 124 valence electrons. The van der Waals surface area contributed by atoms with Gasteiger partial charge in [-0.15, -0.1) is 0 Å². The maximum atomic E-state index is 4.60. The van der Waals surface area contributed by atoms with Gasteiger partial charge in [0.05, 0.1) is 18.6 Å². The summed E-state index contributed by atoms with van der Waals surface area (Å²) in [5, 5.41) is 3.38. The van der Waals surface area contributed by atoms with Crippen LogP contribution in [0.5, 0.6) is 0 Å². The van der Waals surface area contributed by atoms with Gasteiger partial charge < -0.3 is 9.88 Å². The molecule has 0 amide bonds. The van der Waals surface area contributed by atoms with Gasteiger partial charge >= 0.3 is 0 Å². The normalized spacial score (nSPS) is 11.0. The van der Waals surface area contributed by atoms with E-state index >= 15 is 0 Å². The highest BCUT2D eigenvalue weighted by Crippen LogP contribution is 2.17. The van der Waals surface area contributed by atoms with Gasteiger partial charge in [-0.05, 0) is 25.0 Å². The molecule has 0 aliphatic carbocycles. The minimum Gasteiger partial charge on any atom is -0.364 e. The molecule has 6 nitrogen and oxygen atoms in total. The maximum absolute atomic E-state index is 4.60. The smallest absolute Gasteiger partial charge is 0.163 e. The molecule has 0 unspecified atom stereocenters. The van der Waals surface area contributed by atoms with E-state index in [1.54, 1.807) is 12.4 Å². The van der Waals surface area contributed by atoms with Crippen molar-refractivity contribution in [3.8, 4) is 11.4 Å². The lowest BCUT2D eigenvalue weighted by Gasteiger charge is -2.12. The lowest BCUT2D eigenvalue weighted by molar-refractivity contribution is 0.511. The summed E-state index contributed by atoms with van der Waals surface area (Å²) >= 11 is 0. The van der Waals surface area contributed by atoms with Crippen LogP contribution >= 0.6 is 0 Å². The topological polar surface area (TPSA) is 68.5 Å². The van der Waals surface area contributed by atoms with E-state index in [0.29, 0.717) is 18.3 Å². The molecular weight excluding hydrogens is 300 g/mol. The standard InChI is InChI=1S/C18H22N6/c1-13(2)11-24-12-20-9-16(24)10-21-17-7-14(3)22-18(23-17)15-5-4-6-19-8-15/h4-9,12-13H,10-11H2,1-3H3,(H,21,22,23). The lowest BCUT2D eigenvalue weighted by atomic mass is 10.2. The minimum absolute atomic E-state index is 0.580. The van der Waals surface area contributed by atoms with E-state index in [9.17, 15) is 0 Å². The molecule has 6 heteroatoms. The van der Waals surface area contributed by atoms with Crippen LogP contribution in [0.25, 0.3) is 11.4 Å². The van der Waals surface area contributed by atoms with Crippen LogP contribution in [-0.2, 0) is 13.1 Å². The molecule has 3 aromatic rings. The summed E-state index contributed by atoms with van der Waals surface area (Å²) in [6.07, 6.45) is 7.29. The average Bonchev–Trinajstić information content (AvgIpc) is 2.99. The number of aryl methyl sites for hydroxylation is 1. The summed E-state index contributed by atoms with van der Waals surface area (Å²) in [6, 6.07) is 5.80. The van der Waals surface area contributed by atoms with Crippen molar-refractivity contribution in [3.05, 3.63) is 54.5 Å². The molecule has 0 fully saturated rings. The largest absolute Gasteiger partial charge is 0.364 e. The molecule has 0 bridgehead atoms. The Hall–Kier alpha value is -2.76. The zero-order chi connectivity index (χ0) is 16.9. The Labute approximate surface area is 142 Å². The van der Waals surface area contributed by atoms with E-state index in [4.69, 9.17) is 0 Å². The highest BCUT2D eigenvalue weighted by molar-refractivity contribution is 5.56. The van der Waals surface area contributed by atoms with Gasteiger partial charge in [0.1, 0.15) is 5.82 Å². The zero-order valence-corrected chi connectivity index (χ0v) is 14.3. The average molecular weight is 322 g/mol. The quantitative estimate of drug-likeness (QED) is 0.754. The Kier molecular flexibility index (Phi) is 4.84. The summed E-state index contributed by atoms with van der Waals surface area (Å²) in [4.78, 5) is 17.5. The third kappa shape index (κ3) is 3.95.